The number of anilines is 3. The Labute approximate surface area is 313 Å². The molecule has 55 heavy (non-hydrogen) atoms. The maximum absolute atomic E-state index is 6.64. The molecule has 0 amide bonds. The molecule has 4 aromatic heterocycles. The second kappa shape index (κ2) is 11.5. The molecule has 0 N–H and O–H groups in total. The van der Waals surface area contributed by atoms with Crippen molar-refractivity contribution in [3.63, 3.8) is 0 Å². The average molecular weight is 708 g/mol. The molecule has 0 unspecified atom stereocenters. The number of furan rings is 2. The van der Waals surface area contributed by atoms with Crippen LogP contribution in [0.4, 0.5) is 17.1 Å². The highest BCUT2D eigenvalue weighted by atomic mass is 16.4. The van der Waals surface area contributed by atoms with Gasteiger partial charge in [-0.2, -0.15) is 0 Å². The van der Waals surface area contributed by atoms with Gasteiger partial charge in [0.25, 0.3) is 0 Å². The zero-order valence-electron chi connectivity index (χ0n) is 29.3. The van der Waals surface area contributed by atoms with Crippen molar-refractivity contribution in [2.45, 2.75) is 0 Å². The van der Waals surface area contributed by atoms with Crippen molar-refractivity contribution >= 4 is 93.8 Å². The number of oxazole rings is 1. The van der Waals surface area contributed by atoms with E-state index in [0.29, 0.717) is 11.5 Å². The maximum Gasteiger partial charge on any atom is 0.227 e. The normalized spacial score (nSPS) is 12.0. The fourth-order valence-corrected chi connectivity index (χ4v) is 8.41. The highest BCUT2D eigenvalue weighted by molar-refractivity contribution is 6.19. The molecule has 12 rings (SSSR count). The Morgan fingerprint density at radius 3 is 2.00 bits per heavy atom. The minimum absolute atomic E-state index is 0.578. The van der Waals surface area contributed by atoms with E-state index in [1.807, 2.05) is 54.6 Å². The summed E-state index contributed by atoms with van der Waals surface area (Å²) in [6, 6.07) is 60.9. The average Bonchev–Trinajstić information content (AvgIpc) is 4.01. The number of para-hydroxylation sites is 4. The summed E-state index contributed by atoms with van der Waals surface area (Å²) in [5.74, 6) is 0.578. The number of aromatic nitrogens is 2. The molecule has 0 bridgehead atoms. The van der Waals surface area contributed by atoms with Crippen LogP contribution in [-0.2, 0) is 0 Å². The smallest absolute Gasteiger partial charge is 0.227 e. The highest BCUT2D eigenvalue weighted by Gasteiger charge is 2.25. The van der Waals surface area contributed by atoms with Gasteiger partial charge in [-0.05, 0) is 72.8 Å². The molecule has 8 aromatic carbocycles. The fraction of sp³-hybridized carbons (Fsp3) is 0. The molecule has 4 heterocycles. The number of fused-ring (bicyclic) bond motifs is 10. The first kappa shape index (κ1) is 29.9. The van der Waals surface area contributed by atoms with E-state index in [-0.39, 0.29) is 0 Å². The molecule has 0 saturated heterocycles. The summed E-state index contributed by atoms with van der Waals surface area (Å²) >= 11 is 0. The number of hydrogen-bond acceptors (Lipinski definition) is 5. The van der Waals surface area contributed by atoms with Crippen molar-refractivity contribution < 1.29 is 13.3 Å². The summed E-state index contributed by atoms with van der Waals surface area (Å²) in [5.41, 5.74) is 11.8. The number of nitrogens with zero attached hydrogens (tertiary/aromatic N) is 3. The van der Waals surface area contributed by atoms with E-state index in [2.05, 4.69) is 131 Å². The van der Waals surface area contributed by atoms with Crippen LogP contribution in [0.3, 0.4) is 0 Å². The Balaban J connectivity index is 1.18. The van der Waals surface area contributed by atoms with Gasteiger partial charge in [0.15, 0.2) is 5.58 Å². The molecule has 0 saturated carbocycles. The van der Waals surface area contributed by atoms with Crippen molar-refractivity contribution in [2.24, 2.45) is 0 Å². The van der Waals surface area contributed by atoms with Crippen molar-refractivity contribution in [1.29, 1.82) is 0 Å². The third kappa shape index (κ3) is 4.46. The Bertz CT molecular complexity index is 3440. The van der Waals surface area contributed by atoms with Crippen molar-refractivity contribution in [3.8, 4) is 17.1 Å². The number of benzene rings is 8. The fourth-order valence-electron chi connectivity index (χ4n) is 8.41. The molecule has 0 aliphatic rings. The minimum Gasteiger partial charge on any atom is -0.456 e. The van der Waals surface area contributed by atoms with Crippen LogP contribution >= 0.6 is 0 Å². The Hall–Kier alpha value is -7.57. The van der Waals surface area contributed by atoms with Crippen LogP contribution in [-0.4, -0.2) is 9.55 Å². The third-order valence-corrected chi connectivity index (χ3v) is 10.8. The zero-order chi connectivity index (χ0) is 36.0. The van der Waals surface area contributed by atoms with Crippen LogP contribution in [0.1, 0.15) is 0 Å². The molecular weight excluding hydrogens is 679 g/mol. The number of rotatable bonds is 5. The van der Waals surface area contributed by atoms with Gasteiger partial charge in [-0.3, -0.25) is 0 Å². The van der Waals surface area contributed by atoms with E-state index in [0.717, 1.165) is 94.1 Å². The molecule has 0 atom stereocenters. The van der Waals surface area contributed by atoms with E-state index < -0.39 is 0 Å². The Morgan fingerprint density at radius 2 is 1.11 bits per heavy atom. The summed E-state index contributed by atoms with van der Waals surface area (Å²) in [6.45, 7) is 0. The lowest BCUT2D eigenvalue weighted by molar-refractivity contribution is 0.617. The van der Waals surface area contributed by atoms with E-state index in [1.165, 1.54) is 5.39 Å². The molecule has 6 heteroatoms. The minimum atomic E-state index is 0.578. The second-order valence-corrected chi connectivity index (χ2v) is 13.9. The lowest BCUT2D eigenvalue weighted by atomic mass is 10.1. The predicted octanol–water partition coefficient (Wildman–Crippen LogP) is 13.9. The van der Waals surface area contributed by atoms with Gasteiger partial charge in [0.2, 0.25) is 5.89 Å². The van der Waals surface area contributed by atoms with Crippen LogP contribution < -0.4 is 4.90 Å². The van der Waals surface area contributed by atoms with Crippen molar-refractivity contribution in [2.75, 3.05) is 4.90 Å². The van der Waals surface area contributed by atoms with E-state index >= 15 is 0 Å². The molecule has 0 aliphatic heterocycles. The topological polar surface area (TPSA) is 60.5 Å². The SMILES string of the molecule is c1ccc(-c2nc3cc4c(cc3o2)oc2cccc(N(c3ccc5c(c3)oc3ccccc35)c3cccc5c6ccccc6n(-c6ccccc6)c35)c24)cc1. The molecule has 6 nitrogen and oxygen atoms in total. The monoisotopic (exact) mass is 707 g/mol. The van der Waals surface area contributed by atoms with Gasteiger partial charge in [-0.1, -0.05) is 91.0 Å². The molecule has 0 radical (unpaired) electrons. The Morgan fingerprint density at radius 1 is 0.436 bits per heavy atom. The van der Waals surface area contributed by atoms with Crippen LogP contribution in [0.25, 0.3) is 93.9 Å². The van der Waals surface area contributed by atoms with Gasteiger partial charge in [-0.25, -0.2) is 4.98 Å². The number of hydrogen-bond donors (Lipinski definition) is 0. The molecule has 12 aromatic rings. The van der Waals surface area contributed by atoms with Crippen LogP contribution in [0.2, 0.25) is 0 Å². The van der Waals surface area contributed by atoms with Crippen LogP contribution in [0.15, 0.2) is 189 Å². The highest BCUT2D eigenvalue weighted by Crippen LogP contribution is 2.48. The first-order valence-electron chi connectivity index (χ1n) is 18.4. The van der Waals surface area contributed by atoms with Crippen LogP contribution in [0.5, 0.6) is 0 Å². The lowest BCUT2D eigenvalue weighted by Crippen LogP contribution is -2.12. The first-order chi connectivity index (χ1) is 27.3. The molecule has 0 aliphatic carbocycles. The van der Waals surface area contributed by atoms with E-state index in [4.69, 9.17) is 18.2 Å². The molecule has 0 spiro atoms. The lowest BCUT2D eigenvalue weighted by Gasteiger charge is -2.27. The van der Waals surface area contributed by atoms with Gasteiger partial charge in [0, 0.05) is 56.0 Å². The molecule has 258 valence electrons. The summed E-state index contributed by atoms with van der Waals surface area (Å²) in [6.07, 6.45) is 0. The predicted molar refractivity (Wildman–Crippen MR) is 223 cm³/mol. The zero-order valence-corrected chi connectivity index (χ0v) is 29.3. The summed E-state index contributed by atoms with van der Waals surface area (Å²) in [4.78, 5) is 7.29. The molecule has 0 fully saturated rings. The first-order valence-corrected chi connectivity index (χ1v) is 18.4. The van der Waals surface area contributed by atoms with Crippen molar-refractivity contribution in [1.82, 2.24) is 9.55 Å². The van der Waals surface area contributed by atoms with Crippen molar-refractivity contribution in [3.05, 3.63) is 176 Å². The second-order valence-electron chi connectivity index (χ2n) is 13.9. The van der Waals surface area contributed by atoms with Gasteiger partial charge in [0.05, 0.1) is 27.8 Å². The van der Waals surface area contributed by atoms with Gasteiger partial charge >= 0.3 is 0 Å². The van der Waals surface area contributed by atoms with Gasteiger partial charge in [-0.15, -0.1) is 0 Å². The van der Waals surface area contributed by atoms with E-state index in [1.54, 1.807) is 0 Å². The largest absolute Gasteiger partial charge is 0.456 e. The summed E-state index contributed by atoms with van der Waals surface area (Å²) < 4.78 is 21.8. The third-order valence-electron chi connectivity index (χ3n) is 10.8. The van der Waals surface area contributed by atoms with E-state index in [9.17, 15) is 0 Å². The Kier molecular flexibility index (Phi) is 6.24. The standard InChI is InChI=1S/C49H29N3O3/c1-3-13-30(14-4-1)49-50-38-28-37-45(29-46(38)55-49)54-43-24-12-21-40(47(37)43)51(32-25-26-35-34-18-8-10-23-42(34)53-44(35)27-32)41-22-11-19-36-33-17-7-9-20-39(33)52(48(36)41)31-15-5-2-6-16-31/h1-29H. The maximum atomic E-state index is 6.64. The molecular formula is C49H29N3O3. The quantitative estimate of drug-likeness (QED) is 0.178. The van der Waals surface area contributed by atoms with Gasteiger partial charge < -0.3 is 22.7 Å². The van der Waals surface area contributed by atoms with Gasteiger partial charge in [0.1, 0.15) is 27.8 Å². The summed E-state index contributed by atoms with van der Waals surface area (Å²) in [5, 5.41) is 6.45. The van der Waals surface area contributed by atoms with Crippen LogP contribution in [0, 0.1) is 0 Å². The summed E-state index contributed by atoms with van der Waals surface area (Å²) in [7, 11) is 0.